The average molecular weight is 448 g/mol. The van der Waals surface area contributed by atoms with E-state index in [1.54, 1.807) is 38.2 Å². The molecule has 4 rings (SSSR count). The van der Waals surface area contributed by atoms with Crippen LogP contribution in [0, 0.1) is 0 Å². The molecule has 0 atom stereocenters. The number of halogens is 1. The molecule has 3 heterocycles. The maximum absolute atomic E-state index is 5.43. The molecule has 4 aromatic rings. The Hall–Kier alpha value is -2.72. The fraction of sp³-hybridized carbons (Fsp3) is 0.176. The molecule has 0 N–H and O–H groups in total. The van der Waals surface area contributed by atoms with Crippen LogP contribution in [-0.4, -0.2) is 46.1 Å². The molecule has 0 fully saturated rings. The summed E-state index contributed by atoms with van der Waals surface area (Å²) < 4.78 is 18.8. The Kier molecular flexibility index (Phi) is 4.66. The lowest BCUT2D eigenvalue weighted by atomic mass is 10.2. The van der Waals surface area contributed by atoms with Crippen LogP contribution in [0.1, 0.15) is 0 Å². The van der Waals surface area contributed by atoms with Crippen LogP contribution in [0.2, 0.25) is 0 Å². The van der Waals surface area contributed by atoms with E-state index in [1.807, 2.05) is 18.2 Å². The van der Waals surface area contributed by atoms with Crippen LogP contribution < -0.4 is 14.2 Å². The Morgan fingerprint density at radius 2 is 1.67 bits per heavy atom. The number of fused-ring (bicyclic) bond motifs is 1. The van der Waals surface area contributed by atoms with E-state index in [4.69, 9.17) is 14.2 Å². The van der Waals surface area contributed by atoms with Gasteiger partial charge >= 0.3 is 0 Å². The minimum absolute atomic E-state index is 0.535. The van der Waals surface area contributed by atoms with E-state index in [2.05, 4.69) is 36.2 Å². The highest BCUT2D eigenvalue weighted by Gasteiger charge is 2.19. The summed E-state index contributed by atoms with van der Waals surface area (Å²) in [5, 5.41) is 13.9. The van der Waals surface area contributed by atoms with Crippen molar-refractivity contribution in [1.82, 2.24) is 24.8 Å². The average Bonchev–Trinajstić information content (AvgIpc) is 3.27. The van der Waals surface area contributed by atoms with Gasteiger partial charge in [-0.2, -0.15) is 9.61 Å². The molecule has 8 nitrogen and oxygen atoms in total. The van der Waals surface area contributed by atoms with Crippen molar-refractivity contribution in [2.24, 2.45) is 0 Å². The van der Waals surface area contributed by atoms with Crippen LogP contribution in [0.3, 0.4) is 0 Å². The quantitative estimate of drug-likeness (QED) is 0.460. The minimum Gasteiger partial charge on any atom is -0.493 e. The highest BCUT2D eigenvalue weighted by atomic mass is 79.9. The molecule has 0 aliphatic carbocycles. The predicted octanol–water partition coefficient (Wildman–Crippen LogP) is 3.70. The number of aromatic nitrogens is 5. The summed E-state index contributed by atoms with van der Waals surface area (Å²) in [6.07, 6.45) is 3.43. The zero-order valence-corrected chi connectivity index (χ0v) is 17.0. The van der Waals surface area contributed by atoms with Crippen LogP contribution in [0.15, 0.2) is 35.1 Å². The summed E-state index contributed by atoms with van der Waals surface area (Å²) in [4.78, 5) is 4.85. The Balaban J connectivity index is 1.84. The van der Waals surface area contributed by atoms with E-state index in [0.29, 0.717) is 28.0 Å². The van der Waals surface area contributed by atoms with Crippen LogP contribution in [0.25, 0.3) is 26.9 Å². The van der Waals surface area contributed by atoms with Crippen molar-refractivity contribution in [3.8, 4) is 39.2 Å². The van der Waals surface area contributed by atoms with Crippen molar-refractivity contribution in [2.75, 3.05) is 21.3 Å². The first-order valence-electron chi connectivity index (χ1n) is 7.78. The number of hydrogen-bond donors (Lipinski definition) is 0. The summed E-state index contributed by atoms with van der Waals surface area (Å²) in [6, 6.07) is 5.63. The topological polar surface area (TPSA) is 83.7 Å². The van der Waals surface area contributed by atoms with Gasteiger partial charge in [-0.1, -0.05) is 11.3 Å². The zero-order chi connectivity index (χ0) is 19.0. The molecule has 1 aromatic carbocycles. The van der Waals surface area contributed by atoms with Crippen LogP contribution >= 0.6 is 27.3 Å². The molecule has 138 valence electrons. The van der Waals surface area contributed by atoms with Gasteiger partial charge in [-0.05, 0) is 34.1 Å². The molecule has 0 spiro atoms. The van der Waals surface area contributed by atoms with Crippen molar-refractivity contribution in [3.05, 3.63) is 35.1 Å². The summed E-state index contributed by atoms with van der Waals surface area (Å²) in [5.74, 6) is 2.28. The molecule has 0 unspecified atom stereocenters. The molecule has 0 aliphatic rings. The van der Waals surface area contributed by atoms with Gasteiger partial charge in [-0.15, -0.1) is 10.2 Å². The van der Waals surface area contributed by atoms with Crippen molar-refractivity contribution in [3.63, 3.8) is 0 Å². The van der Waals surface area contributed by atoms with Crippen molar-refractivity contribution >= 4 is 32.2 Å². The molecule has 0 amide bonds. The summed E-state index contributed by atoms with van der Waals surface area (Å²) in [5.41, 5.74) is 1.65. The molecule has 10 heteroatoms. The van der Waals surface area contributed by atoms with E-state index in [0.717, 1.165) is 20.6 Å². The maximum Gasteiger partial charge on any atom is 0.235 e. The predicted molar refractivity (Wildman–Crippen MR) is 105 cm³/mol. The van der Waals surface area contributed by atoms with Crippen LogP contribution in [0.4, 0.5) is 0 Å². The second kappa shape index (κ2) is 7.12. The molecule has 0 radical (unpaired) electrons. The highest BCUT2D eigenvalue weighted by Crippen LogP contribution is 2.42. The Morgan fingerprint density at radius 3 is 2.30 bits per heavy atom. The SMILES string of the molecule is COc1cc(-c2nn3c(-c4cncc(Br)c4)nnc3s2)cc(OC)c1OC. The van der Waals surface area contributed by atoms with Crippen LogP contribution in [-0.2, 0) is 0 Å². The molecule has 0 saturated heterocycles. The van der Waals surface area contributed by atoms with Gasteiger partial charge in [0, 0.05) is 28.0 Å². The Bertz CT molecular complexity index is 1100. The number of hydrogen-bond acceptors (Lipinski definition) is 8. The summed E-state index contributed by atoms with van der Waals surface area (Å²) in [6.45, 7) is 0. The van der Waals surface area contributed by atoms with Gasteiger partial charge in [-0.3, -0.25) is 4.98 Å². The Labute approximate surface area is 166 Å². The van der Waals surface area contributed by atoms with Gasteiger partial charge in [0.1, 0.15) is 5.01 Å². The number of rotatable bonds is 5. The second-order valence-electron chi connectivity index (χ2n) is 5.43. The van der Waals surface area contributed by atoms with Crippen molar-refractivity contribution < 1.29 is 14.2 Å². The lowest BCUT2D eigenvalue weighted by Gasteiger charge is -2.13. The molecule has 27 heavy (non-hydrogen) atoms. The van der Waals surface area contributed by atoms with E-state index in [-0.39, 0.29) is 0 Å². The van der Waals surface area contributed by atoms with E-state index >= 15 is 0 Å². The monoisotopic (exact) mass is 447 g/mol. The second-order valence-corrected chi connectivity index (χ2v) is 7.30. The Morgan fingerprint density at radius 1 is 0.926 bits per heavy atom. The summed E-state index contributed by atoms with van der Waals surface area (Å²) in [7, 11) is 4.73. The first-order valence-corrected chi connectivity index (χ1v) is 9.39. The van der Waals surface area contributed by atoms with E-state index in [1.165, 1.54) is 11.3 Å². The highest BCUT2D eigenvalue weighted by molar-refractivity contribution is 9.10. The van der Waals surface area contributed by atoms with Gasteiger partial charge < -0.3 is 14.2 Å². The van der Waals surface area contributed by atoms with E-state index < -0.39 is 0 Å². The fourth-order valence-electron chi connectivity index (χ4n) is 2.65. The van der Waals surface area contributed by atoms with Crippen molar-refractivity contribution in [2.45, 2.75) is 0 Å². The number of ether oxygens (including phenoxy) is 3. The van der Waals surface area contributed by atoms with Gasteiger partial charge in [-0.25, -0.2) is 0 Å². The number of methoxy groups -OCH3 is 3. The van der Waals surface area contributed by atoms with Gasteiger partial charge in [0.25, 0.3) is 0 Å². The van der Waals surface area contributed by atoms with E-state index in [9.17, 15) is 0 Å². The van der Waals surface area contributed by atoms with Gasteiger partial charge in [0.05, 0.1) is 21.3 Å². The largest absolute Gasteiger partial charge is 0.493 e. The molecular weight excluding hydrogens is 434 g/mol. The van der Waals surface area contributed by atoms with Gasteiger partial charge in [0.15, 0.2) is 17.3 Å². The molecule has 0 bridgehead atoms. The maximum atomic E-state index is 5.43. The third kappa shape index (κ3) is 3.10. The zero-order valence-electron chi connectivity index (χ0n) is 14.6. The standard InChI is InChI=1S/C17H14BrN5O3S/c1-24-12-5-9(6-13(25-2)14(12)26-3)16-22-23-15(20-21-17(23)27-16)10-4-11(18)8-19-7-10/h4-8H,1-3H3. The third-order valence-corrected chi connectivity index (χ3v) is 5.25. The molecule has 0 aliphatic heterocycles. The molecular formula is C17H14BrN5O3S. The number of benzene rings is 1. The molecule has 0 saturated carbocycles. The number of pyridine rings is 1. The van der Waals surface area contributed by atoms with Crippen LogP contribution in [0.5, 0.6) is 17.2 Å². The fourth-order valence-corrected chi connectivity index (χ4v) is 3.84. The normalized spacial score (nSPS) is 11.0. The lowest BCUT2D eigenvalue weighted by Crippen LogP contribution is -1.96. The van der Waals surface area contributed by atoms with Crippen molar-refractivity contribution in [1.29, 1.82) is 0 Å². The van der Waals surface area contributed by atoms with Gasteiger partial charge in [0.2, 0.25) is 10.7 Å². The third-order valence-electron chi connectivity index (χ3n) is 3.87. The lowest BCUT2D eigenvalue weighted by molar-refractivity contribution is 0.324. The minimum atomic E-state index is 0.535. The molecule has 3 aromatic heterocycles. The smallest absolute Gasteiger partial charge is 0.235 e. The summed E-state index contributed by atoms with van der Waals surface area (Å²) >= 11 is 4.84. The first kappa shape index (κ1) is 17.7. The number of nitrogens with zero attached hydrogens (tertiary/aromatic N) is 5. The first-order chi connectivity index (χ1) is 13.1.